The summed E-state index contributed by atoms with van der Waals surface area (Å²) in [5, 5.41) is 12.7. The van der Waals surface area contributed by atoms with E-state index < -0.39 is 0 Å². The van der Waals surface area contributed by atoms with Crippen LogP contribution in [-0.2, 0) is 0 Å². The van der Waals surface area contributed by atoms with Crippen LogP contribution in [0.1, 0.15) is 53.3 Å². The molecule has 0 spiro atoms. The first-order valence-corrected chi connectivity index (χ1v) is 8.34. The zero-order chi connectivity index (χ0) is 16.8. The average Bonchev–Trinajstić information content (AvgIpc) is 2.96. The lowest BCUT2D eigenvalue weighted by molar-refractivity contribution is 0.0693. The normalized spacial score (nSPS) is 20.3. The van der Waals surface area contributed by atoms with Gasteiger partial charge in [-0.1, -0.05) is 19.4 Å². The quantitative estimate of drug-likeness (QED) is 0.843. The maximum absolute atomic E-state index is 12.5. The van der Waals surface area contributed by atoms with Crippen LogP contribution in [-0.4, -0.2) is 48.1 Å². The second-order valence-electron chi connectivity index (χ2n) is 6.28. The zero-order valence-electron chi connectivity index (χ0n) is 13.9. The molecule has 2 rings (SSSR count). The number of hydrogen-bond acceptors (Lipinski definition) is 3. The number of carbonyl (C=O) groups excluding carboxylic acids is 2. The van der Waals surface area contributed by atoms with Crippen LogP contribution in [0.3, 0.4) is 0 Å². The van der Waals surface area contributed by atoms with E-state index in [4.69, 9.17) is 0 Å². The highest BCUT2D eigenvalue weighted by atomic mass is 16.3. The summed E-state index contributed by atoms with van der Waals surface area (Å²) in [7, 11) is 1.75. The first-order valence-electron chi connectivity index (χ1n) is 8.34. The molecule has 2 atom stereocenters. The molecular weight excluding hydrogens is 292 g/mol. The van der Waals surface area contributed by atoms with Gasteiger partial charge in [0.15, 0.2) is 0 Å². The molecule has 1 aliphatic carbocycles. The molecular formula is C18H26N2O3. The summed E-state index contributed by atoms with van der Waals surface area (Å²) in [5.74, 6) is -0.121. The van der Waals surface area contributed by atoms with Crippen LogP contribution in [0.5, 0.6) is 0 Å². The van der Waals surface area contributed by atoms with E-state index in [1.54, 1.807) is 36.2 Å². The molecule has 0 radical (unpaired) electrons. The summed E-state index contributed by atoms with van der Waals surface area (Å²) in [6.07, 6.45) is 3.35. The summed E-state index contributed by atoms with van der Waals surface area (Å²) in [6.45, 7) is 3.16. The van der Waals surface area contributed by atoms with Crippen LogP contribution >= 0.6 is 0 Å². The van der Waals surface area contributed by atoms with Gasteiger partial charge in [-0.05, 0) is 37.5 Å². The van der Waals surface area contributed by atoms with Gasteiger partial charge in [-0.2, -0.15) is 0 Å². The first-order chi connectivity index (χ1) is 11.0. The third-order valence-corrected chi connectivity index (χ3v) is 4.38. The molecule has 0 saturated heterocycles. The van der Waals surface area contributed by atoms with Crippen molar-refractivity contribution in [3.05, 3.63) is 35.4 Å². The Hall–Kier alpha value is -1.88. The summed E-state index contributed by atoms with van der Waals surface area (Å²) < 4.78 is 0. The molecule has 23 heavy (non-hydrogen) atoms. The standard InChI is InChI=1S/C18H26N2O3/c1-3-10-19-17(22)13-6-4-7-14(11-13)18(23)20(2)12-15-8-5-9-16(15)21/h4,6-7,11,15-16,21H,3,5,8-10,12H2,1-2H3,(H,19,22). The Morgan fingerprint density at radius 3 is 2.70 bits per heavy atom. The molecule has 126 valence electrons. The lowest BCUT2D eigenvalue weighted by Gasteiger charge is -2.23. The molecule has 1 saturated carbocycles. The number of benzene rings is 1. The fourth-order valence-electron chi connectivity index (χ4n) is 3.02. The van der Waals surface area contributed by atoms with Gasteiger partial charge in [0.25, 0.3) is 11.8 Å². The van der Waals surface area contributed by atoms with Crippen molar-refractivity contribution in [2.75, 3.05) is 20.1 Å². The number of amides is 2. The van der Waals surface area contributed by atoms with Gasteiger partial charge in [-0.3, -0.25) is 9.59 Å². The molecule has 0 aromatic heterocycles. The Balaban J connectivity index is 2.02. The van der Waals surface area contributed by atoms with Crippen LogP contribution < -0.4 is 5.32 Å². The van der Waals surface area contributed by atoms with Gasteiger partial charge in [0.2, 0.25) is 0 Å². The molecule has 5 nitrogen and oxygen atoms in total. The van der Waals surface area contributed by atoms with E-state index in [2.05, 4.69) is 5.32 Å². The van der Waals surface area contributed by atoms with Gasteiger partial charge in [-0.15, -0.1) is 0 Å². The van der Waals surface area contributed by atoms with Crippen LogP contribution in [0.4, 0.5) is 0 Å². The number of nitrogens with zero attached hydrogens (tertiary/aromatic N) is 1. The molecule has 0 heterocycles. The second-order valence-corrected chi connectivity index (χ2v) is 6.28. The van der Waals surface area contributed by atoms with Crippen LogP contribution in [0.25, 0.3) is 0 Å². The van der Waals surface area contributed by atoms with Gasteiger partial charge in [-0.25, -0.2) is 0 Å². The second kappa shape index (κ2) is 8.11. The van der Waals surface area contributed by atoms with E-state index in [9.17, 15) is 14.7 Å². The van der Waals surface area contributed by atoms with Gasteiger partial charge in [0.1, 0.15) is 0 Å². The van der Waals surface area contributed by atoms with E-state index in [0.717, 1.165) is 25.7 Å². The zero-order valence-corrected chi connectivity index (χ0v) is 13.9. The van der Waals surface area contributed by atoms with Gasteiger partial charge >= 0.3 is 0 Å². The average molecular weight is 318 g/mol. The number of rotatable bonds is 6. The highest BCUT2D eigenvalue weighted by molar-refractivity contribution is 5.99. The smallest absolute Gasteiger partial charge is 0.253 e. The van der Waals surface area contributed by atoms with Crippen molar-refractivity contribution in [2.24, 2.45) is 5.92 Å². The Morgan fingerprint density at radius 2 is 2.04 bits per heavy atom. The Morgan fingerprint density at radius 1 is 1.30 bits per heavy atom. The molecule has 1 fully saturated rings. The summed E-state index contributed by atoms with van der Waals surface area (Å²) in [6, 6.07) is 6.80. The van der Waals surface area contributed by atoms with Crippen molar-refractivity contribution >= 4 is 11.8 Å². The Kier molecular flexibility index (Phi) is 6.16. The van der Waals surface area contributed by atoms with Crippen LogP contribution in [0, 0.1) is 5.92 Å². The Bertz CT molecular complexity index is 559. The van der Waals surface area contributed by atoms with E-state index in [-0.39, 0.29) is 23.8 Å². The highest BCUT2D eigenvalue weighted by Crippen LogP contribution is 2.26. The van der Waals surface area contributed by atoms with E-state index in [1.807, 2.05) is 6.92 Å². The molecule has 2 unspecified atom stereocenters. The van der Waals surface area contributed by atoms with Crippen molar-refractivity contribution in [1.29, 1.82) is 0 Å². The third kappa shape index (κ3) is 4.55. The predicted molar refractivity (Wildman–Crippen MR) is 89.4 cm³/mol. The van der Waals surface area contributed by atoms with Gasteiger partial charge in [0.05, 0.1) is 6.10 Å². The van der Waals surface area contributed by atoms with Crippen LogP contribution in [0.2, 0.25) is 0 Å². The summed E-state index contributed by atoms with van der Waals surface area (Å²) >= 11 is 0. The third-order valence-electron chi connectivity index (χ3n) is 4.38. The number of nitrogens with one attached hydrogen (secondary N) is 1. The maximum Gasteiger partial charge on any atom is 0.253 e. The molecule has 0 aliphatic heterocycles. The number of aliphatic hydroxyl groups excluding tert-OH is 1. The molecule has 1 aliphatic rings. The van der Waals surface area contributed by atoms with Crippen molar-refractivity contribution < 1.29 is 14.7 Å². The number of hydrogen-bond donors (Lipinski definition) is 2. The Labute approximate surface area is 137 Å². The molecule has 1 aromatic carbocycles. The molecule has 1 aromatic rings. The maximum atomic E-state index is 12.5. The van der Waals surface area contributed by atoms with E-state index >= 15 is 0 Å². The van der Waals surface area contributed by atoms with E-state index in [0.29, 0.717) is 24.2 Å². The topological polar surface area (TPSA) is 69.6 Å². The SMILES string of the molecule is CCCNC(=O)c1cccc(C(=O)N(C)CC2CCCC2O)c1. The van der Waals surface area contributed by atoms with Crippen molar-refractivity contribution in [2.45, 2.75) is 38.7 Å². The first kappa shape index (κ1) is 17.5. The van der Waals surface area contributed by atoms with Gasteiger partial charge in [0, 0.05) is 37.2 Å². The fraction of sp³-hybridized carbons (Fsp3) is 0.556. The number of carbonyl (C=O) groups is 2. The minimum Gasteiger partial charge on any atom is -0.393 e. The van der Waals surface area contributed by atoms with Crippen LogP contribution in [0.15, 0.2) is 24.3 Å². The fourth-order valence-corrected chi connectivity index (χ4v) is 3.02. The van der Waals surface area contributed by atoms with E-state index in [1.165, 1.54) is 0 Å². The molecule has 0 bridgehead atoms. The monoisotopic (exact) mass is 318 g/mol. The van der Waals surface area contributed by atoms with Crippen molar-refractivity contribution in [3.63, 3.8) is 0 Å². The minimum atomic E-state index is -0.309. The molecule has 2 amide bonds. The summed E-state index contributed by atoms with van der Waals surface area (Å²) in [5.41, 5.74) is 1.00. The lowest BCUT2D eigenvalue weighted by Crippen LogP contribution is -2.34. The van der Waals surface area contributed by atoms with Crippen molar-refractivity contribution in [1.82, 2.24) is 10.2 Å². The minimum absolute atomic E-state index is 0.116. The van der Waals surface area contributed by atoms with Crippen molar-refractivity contribution in [3.8, 4) is 0 Å². The predicted octanol–water partition coefficient (Wildman–Crippen LogP) is 2.06. The highest BCUT2D eigenvalue weighted by Gasteiger charge is 2.27. The number of aliphatic hydroxyl groups is 1. The summed E-state index contributed by atoms with van der Waals surface area (Å²) in [4.78, 5) is 26.2. The largest absolute Gasteiger partial charge is 0.393 e. The lowest BCUT2D eigenvalue weighted by atomic mass is 10.0. The molecule has 5 heteroatoms. The molecule has 2 N–H and O–H groups in total. The van der Waals surface area contributed by atoms with Gasteiger partial charge < -0.3 is 15.3 Å².